The molecule has 0 nitrogen and oxygen atoms in total. The van der Waals surface area contributed by atoms with E-state index < -0.39 is 5.51 Å². The lowest BCUT2D eigenvalue weighted by molar-refractivity contribution is -0.0328. The van der Waals surface area contributed by atoms with Crippen molar-refractivity contribution in [3.63, 3.8) is 0 Å². The summed E-state index contributed by atoms with van der Waals surface area (Å²) >= 11 is -0.125. The standard InChI is InChI=1S/C8H6F3S/c1-6-3-2-4-7(5-6)12-8(9,10)11/h2-5H,1H2. The fraction of sp³-hybridized carbons (Fsp3) is 0.125. The molecule has 0 unspecified atom stereocenters. The summed E-state index contributed by atoms with van der Waals surface area (Å²) in [6.07, 6.45) is 0. The van der Waals surface area contributed by atoms with Crippen LogP contribution in [0.25, 0.3) is 0 Å². The van der Waals surface area contributed by atoms with Gasteiger partial charge >= 0.3 is 5.51 Å². The van der Waals surface area contributed by atoms with E-state index in [2.05, 4.69) is 6.92 Å². The monoisotopic (exact) mass is 191 g/mol. The van der Waals surface area contributed by atoms with Crippen molar-refractivity contribution in [1.82, 2.24) is 0 Å². The summed E-state index contributed by atoms with van der Waals surface area (Å²) in [5.74, 6) is 0. The van der Waals surface area contributed by atoms with Crippen molar-refractivity contribution in [2.45, 2.75) is 10.4 Å². The molecular weight excluding hydrogens is 185 g/mol. The SMILES string of the molecule is [CH2]c1cccc(SC(F)(F)F)c1. The molecule has 1 radical (unpaired) electrons. The maximum absolute atomic E-state index is 11.8. The van der Waals surface area contributed by atoms with E-state index in [-0.39, 0.29) is 16.7 Å². The number of thioether (sulfide) groups is 1. The second-order valence-electron chi connectivity index (χ2n) is 2.20. The van der Waals surface area contributed by atoms with Crippen molar-refractivity contribution in [1.29, 1.82) is 0 Å². The molecule has 0 heterocycles. The first-order valence-corrected chi connectivity index (χ1v) is 3.97. The molecule has 0 N–H and O–H groups in total. The van der Waals surface area contributed by atoms with Crippen LogP contribution in [0.3, 0.4) is 0 Å². The Bertz CT molecular complexity index is 267. The van der Waals surface area contributed by atoms with E-state index in [9.17, 15) is 13.2 Å². The van der Waals surface area contributed by atoms with Gasteiger partial charge in [-0.15, -0.1) is 0 Å². The van der Waals surface area contributed by atoms with Crippen LogP contribution in [0, 0.1) is 6.92 Å². The van der Waals surface area contributed by atoms with E-state index in [1.54, 1.807) is 12.1 Å². The van der Waals surface area contributed by atoms with Gasteiger partial charge in [0.05, 0.1) is 0 Å². The molecule has 0 saturated heterocycles. The first kappa shape index (κ1) is 9.45. The molecule has 0 spiro atoms. The molecule has 0 aliphatic carbocycles. The zero-order chi connectivity index (χ0) is 9.19. The van der Waals surface area contributed by atoms with Gasteiger partial charge in [0, 0.05) is 4.90 Å². The van der Waals surface area contributed by atoms with Gasteiger partial charge in [0.25, 0.3) is 0 Å². The van der Waals surface area contributed by atoms with Gasteiger partial charge in [-0.3, -0.25) is 0 Å². The summed E-state index contributed by atoms with van der Waals surface area (Å²) in [7, 11) is 0. The van der Waals surface area contributed by atoms with Crippen molar-refractivity contribution < 1.29 is 13.2 Å². The lowest BCUT2D eigenvalue weighted by atomic mass is 10.2. The molecule has 0 amide bonds. The molecular formula is C8H6F3S. The summed E-state index contributed by atoms with van der Waals surface area (Å²) in [5, 5.41) is 0. The Balaban J connectivity index is 2.77. The molecule has 0 atom stereocenters. The zero-order valence-corrected chi connectivity index (χ0v) is 6.88. The summed E-state index contributed by atoms with van der Waals surface area (Å²) < 4.78 is 35.4. The third-order valence-corrected chi connectivity index (χ3v) is 1.85. The molecule has 0 saturated carbocycles. The van der Waals surface area contributed by atoms with Crippen LogP contribution >= 0.6 is 11.8 Å². The second kappa shape index (κ2) is 3.39. The number of alkyl halides is 3. The van der Waals surface area contributed by atoms with Crippen molar-refractivity contribution in [3.8, 4) is 0 Å². The van der Waals surface area contributed by atoms with Gasteiger partial charge in [0.1, 0.15) is 0 Å². The number of hydrogen-bond acceptors (Lipinski definition) is 1. The van der Waals surface area contributed by atoms with Crippen LogP contribution in [-0.2, 0) is 0 Å². The molecule has 1 aromatic rings. The molecule has 0 bridgehead atoms. The Morgan fingerprint density at radius 3 is 2.42 bits per heavy atom. The highest BCUT2D eigenvalue weighted by Crippen LogP contribution is 2.36. The predicted molar refractivity (Wildman–Crippen MR) is 42.8 cm³/mol. The van der Waals surface area contributed by atoms with Crippen LogP contribution < -0.4 is 0 Å². The molecule has 0 aromatic heterocycles. The average molecular weight is 191 g/mol. The Hall–Kier alpha value is -0.640. The lowest BCUT2D eigenvalue weighted by Crippen LogP contribution is -1.98. The van der Waals surface area contributed by atoms with Gasteiger partial charge in [-0.1, -0.05) is 12.1 Å². The van der Waals surface area contributed by atoms with E-state index in [0.717, 1.165) is 0 Å². The van der Waals surface area contributed by atoms with Gasteiger partial charge < -0.3 is 0 Å². The smallest absolute Gasteiger partial charge is 0.160 e. The third-order valence-electron chi connectivity index (χ3n) is 1.13. The minimum atomic E-state index is -4.21. The van der Waals surface area contributed by atoms with E-state index in [0.29, 0.717) is 5.56 Å². The molecule has 4 heteroatoms. The van der Waals surface area contributed by atoms with Gasteiger partial charge in [-0.05, 0) is 36.4 Å². The van der Waals surface area contributed by atoms with Gasteiger partial charge in [0.2, 0.25) is 0 Å². The Labute approximate surface area is 72.8 Å². The van der Waals surface area contributed by atoms with Crippen molar-refractivity contribution in [2.75, 3.05) is 0 Å². The fourth-order valence-electron chi connectivity index (χ4n) is 0.743. The number of rotatable bonds is 1. The summed E-state index contributed by atoms with van der Waals surface area (Å²) in [5.41, 5.74) is -3.63. The number of benzene rings is 1. The summed E-state index contributed by atoms with van der Waals surface area (Å²) in [4.78, 5) is 0.176. The Morgan fingerprint density at radius 2 is 1.92 bits per heavy atom. The van der Waals surface area contributed by atoms with Crippen LogP contribution in [0.4, 0.5) is 13.2 Å². The molecule has 1 rings (SSSR count). The van der Waals surface area contributed by atoms with Crippen molar-refractivity contribution in [3.05, 3.63) is 36.8 Å². The molecule has 0 aliphatic rings. The maximum Gasteiger partial charge on any atom is 0.446 e. The highest BCUT2D eigenvalue weighted by Gasteiger charge is 2.28. The minimum Gasteiger partial charge on any atom is -0.160 e. The second-order valence-corrected chi connectivity index (χ2v) is 3.33. The van der Waals surface area contributed by atoms with E-state index in [1.165, 1.54) is 12.1 Å². The van der Waals surface area contributed by atoms with Gasteiger partial charge in [0.15, 0.2) is 0 Å². The third kappa shape index (κ3) is 3.17. The van der Waals surface area contributed by atoms with Crippen molar-refractivity contribution in [2.24, 2.45) is 0 Å². The highest BCUT2D eigenvalue weighted by molar-refractivity contribution is 8.00. The predicted octanol–water partition coefficient (Wildman–Crippen LogP) is 3.48. The lowest BCUT2D eigenvalue weighted by Gasteiger charge is -2.05. The zero-order valence-electron chi connectivity index (χ0n) is 6.06. The normalized spacial score (nSPS) is 11.7. The van der Waals surface area contributed by atoms with Gasteiger partial charge in [-0.2, -0.15) is 13.2 Å². The van der Waals surface area contributed by atoms with Gasteiger partial charge in [-0.25, -0.2) is 0 Å². The first-order valence-electron chi connectivity index (χ1n) is 3.15. The van der Waals surface area contributed by atoms with E-state index in [4.69, 9.17) is 0 Å². The summed E-state index contributed by atoms with van der Waals surface area (Å²) in [6, 6.07) is 6.02. The van der Waals surface area contributed by atoms with E-state index >= 15 is 0 Å². The maximum atomic E-state index is 11.8. The van der Waals surface area contributed by atoms with E-state index in [1.807, 2.05) is 0 Å². The summed E-state index contributed by atoms with van der Waals surface area (Å²) in [6.45, 7) is 3.53. The van der Waals surface area contributed by atoms with Crippen molar-refractivity contribution >= 4 is 11.8 Å². The fourth-order valence-corrected chi connectivity index (χ4v) is 1.37. The first-order chi connectivity index (χ1) is 5.47. The van der Waals surface area contributed by atoms with Crippen LogP contribution in [0.1, 0.15) is 5.56 Å². The molecule has 0 aliphatic heterocycles. The largest absolute Gasteiger partial charge is 0.446 e. The molecule has 12 heavy (non-hydrogen) atoms. The highest BCUT2D eigenvalue weighted by atomic mass is 32.2. The number of hydrogen-bond donors (Lipinski definition) is 0. The minimum absolute atomic E-state index is 0.125. The van der Waals surface area contributed by atoms with Crippen LogP contribution in [0.2, 0.25) is 0 Å². The van der Waals surface area contributed by atoms with Crippen LogP contribution in [0.15, 0.2) is 29.2 Å². The topological polar surface area (TPSA) is 0 Å². The quantitative estimate of drug-likeness (QED) is 0.612. The Morgan fingerprint density at radius 1 is 1.25 bits per heavy atom. The molecule has 1 aromatic carbocycles. The Kier molecular flexibility index (Phi) is 2.67. The average Bonchev–Trinajstić information content (AvgIpc) is 1.82. The molecule has 65 valence electrons. The molecule has 0 fully saturated rings. The van der Waals surface area contributed by atoms with Crippen LogP contribution in [0.5, 0.6) is 0 Å². The van der Waals surface area contributed by atoms with Crippen LogP contribution in [-0.4, -0.2) is 5.51 Å². The number of halogens is 3.